The Morgan fingerprint density at radius 3 is 2.68 bits per heavy atom. The van der Waals surface area contributed by atoms with Crippen LogP contribution in [-0.2, 0) is 6.54 Å². The molecule has 0 radical (unpaired) electrons. The van der Waals surface area contributed by atoms with Crippen molar-refractivity contribution in [2.45, 2.75) is 37.7 Å². The van der Waals surface area contributed by atoms with Crippen LogP contribution in [0, 0.1) is 6.92 Å². The number of thioether (sulfide) groups is 1. The number of rotatable bonds is 6. The molecule has 142 valence electrons. The minimum absolute atomic E-state index is 0.0885. The quantitative estimate of drug-likeness (QED) is 0.367. The summed E-state index contributed by atoms with van der Waals surface area (Å²) in [6, 6.07) is 16.0. The molecule has 0 amide bonds. The summed E-state index contributed by atoms with van der Waals surface area (Å²) in [6.07, 6.45) is 1.80. The molecule has 2 aromatic heterocycles. The number of aryl methyl sites for hydroxylation is 1. The Balaban J connectivity index is 1.62. The predicted octanol–water partition coefficient (Wildman–Crippen LogP) is 5.12. The van der Waals surface area contributed by atoms with E-state index in [4.69, 9.17) is 0 Å². The zero-order valence-electron chi connectivity index (χ0n) is 16.1. The van der Waals surface area contributed by atoms with E-state index in [0.717, 1.165) is 45.1 Å². The first kappa shape index (κ1) is 18.5. The van der Waals surface area contributed by atoms with Gasteiger partial charge in [0, 0.05) is 34.8 Å². The van der Waals surface area contributed by atoms with Crippen LogP contribution in [0.3, 0.4) is 0 Å². The summed E-state index contributed by atoms with van der Waals surface area (Å²) < 4.78 is 2.08. The summed E-state index contributed by atoms with van der Waals surface area (Å²) in [7, 11) is 0. The van der Waals surface area contributed by atoms with E-state index in [-0.39, 0.29) is 11.0 Å². The van der Waals surface area contributed by atoms with Crippen LogP contribution in [-0.4, -0.2) is 30.8 Å². The van der Waals surface area contributed by atoms with Gasteiger partial charge in [-0.15, -0.1) is 10.2 Å². The SMILES string of the molecule is CCn1c(S[C@@H](C)C(=O)c2c[nH]c3ccccc23)nnc1-c1ccccc1C. The molecule has 4 rings (SSSR count). The molecule has 0 fully saturated rings. The van der Waals surface area contributed by atoms with E-state index in [1.807, 2.05) is 43.3 Å². The third kappa shape index (κ3) is 3.24. The maximum Gasteiger partial charge on any atom is 0.192 e. The third-order valence-electron chi connectivity index (χ3n) is 4.93. The van der Waals surface area contributed by atoms with Crippen molar-refractivity contribution < 1.29 is 4.79 Å². The number of hydrogen-bond donors (Lipinski definition) is 1. The van der Waals surface area contributed by atoms with Crippen LogP contribution < -0.4 is 0 Å². The lowest BCUT2D eigenvalue weighted by atomic mass is 10.1. The average Bonchev–Trinajstić information content (AvgIpc) is 3.31. The number of carbonyl (C=O) groups excluding carboxylic acids is 1. The Morgan fingerprint density at radius 1 is 1.14 bits per heavy atom. The van der Waals surface area contributed by atoms with Crippen molar-refractivity contribution in [3.63, 3.8) is 0 Å². The van der Waals surface area contributed by atoms with Gasteiger partial charge < -0.3 is 9.55 Å². The second kappa shape index (κ2) is 7.64. The van der Waals surface area contributed by atoms with Gasteiger partial charge in [0.05, 0.1) is 5.25 Å². The fourth-order valence-electron chi connectivity index (χ4n) is 3.39. The maximum atomic E-state index is 13.1. The molecular weight excluding hydrogens is 368 g/mol. The number of para-hydroxylation sites is 1. The lowest BCUT2D eigenvalue weighted by molar-refractivity contribution is 0.0995. The number of H-pyrrole nitrogens is 1. The van der Waals surface area contributed by atoms with Crippen molar-refractivity contribution in [1.82, 2.24) is 19.7 Å². The Kier molecular flexibility index (Phi) is 5.05. The Bertz CT molecular complexity index is 1140. The lowest BCUT2D eigenvalue weighted by Crippen LogP contribution is -2.14. The van der Waals surface area contributed by atoms with E-state index in [9.17, 15) is 4.79 Å². The van der Waals surface area contributed by atoms with E-state index in [2.05, 4.69) is 45.7 Å². The number of nitrogens with one attached hydrogen (secondary N) is 1. The third-order valence-corrected chi connectivity index (χ3v) is 6.01. The highest BCUT2D eigenvalue weighted by Crippen LogP contribution is 2.30. The number of aromatic nitrogens is 4. The number of benzene rings is 2. The van der Waals surface area contributed by atoms with Crippen molar-refractivity contribution in [3.05, 3.63) is 65.9 Å². The van der Waals surface area contributed by atoms with Crippen LogP contribution in [0.5, 0.6) is 0 Å². The van der Waals surface area contributed by atoms with Crippen molar-refractivity contribution in [2.75, 3.05) is 0 Å². The molecule has 1 atom stereocenters. The molecule has 1 N–H and O–H groups in total. The molecule has 0 bridgehead atoms. The molecule has 0 aliphatic rings. The molecule has 0 saturated heterocycles. The van der Waals surface area contributed by atoms with Gasteiger partial charge in [-0.2, -0.15) is 0 Å². The molecule has 0 aliphatic carbocycles. The van der Waals surface area contributed by atoms with Crippen molar-refractivity contribution >= 4 is 28.4 Å². The molecule has 0 saturated carbocycles. The molecule has 0 unspecified atom stereocenters. The maximum absolute atomic E-state index is 13.1. The standard InChI is InChI=1S/C22H22N4OS/c1-4-26-21(16-10-6-5-9-14(16)2)24-25-22(26)28-15(3)20(27)18-13-23-19-12-8-7-11-17(18)19/h5-13,15,23H,4H2,1-3H3/t15-/m0/s1. The number of fused-ring (bicyclic) bond motifs is 1. The summed E-state index contributed by atoms with van der Waals surface area (Å²) in [4.78, 5) is 16.2. The van der Waals surface area contributed by atoms with E-state index < -0.39 is 0 Å². The van der Waals surface area contributed by atoms with Gasteiger partial charge in [0.25, 0.3) is 0 Å². The van der Waals surface area contributed by atoms with Gasteiger partial charge in [-0.1, -0.05) is 54.2 Å². The fourth-order valence-corrected chi connectivity index (χ4v) is 4.37. The van der Waals surface area contributed by atoms with Gasteiger partial charge in [-0.3, -0.25) is 4.79 Å². The highest BCUT2D eigenvalue weighted by molar-refractivity contribution is 8.00. The lowest BCUT2D eigenvalue weighted by Gasteiger charge is -2.12. The van der Waals surface area contributed by atoms with E-state index in [0.29, 0.717) is 0 Å². The van der Waals surface area contributed by atoms with Crippen molar-refractivity contribution in [2.24, 2.45) is 0 Å². The number of carbonyl (C=O) groups is 1. The van der Waals surface area contributed by atoms with Crippen LogP contribution in [0.15, 0.2) is 59.9 Å². The smallest absolute Gasteiger partial charge is 0.192 e. The molecule has 2 heterocycles. The molecule has 4 aromatic rings. The number of Topliss-reactive ketones (excluding diaryl/α,β-unsaturated/α-hetero) is 1. The zero-order chi connectivity index (χ0) is 19.7. The summed E-state index contributed by atoms with van der Waals surface area (Å²) in [5, 5.41) is 10.3. The van der Waals surface area contributed by atoms with Crippen molar-refractivity contribution in [3.8, 4) is 11.4 Å². The second-order valence-corrected chi connectivity index (χ2v) is 8.05. The number of nitrogens with zero attached hydrogens (tertiary/aromatic N) is 3. The molecule has 5 nitrogen and oxygen atoms in total. The van der Waals surface area contributed by atoms with Gasteiger partial charge in [0.15, 0.2) is 16.8 Å². The highest BCUT2D eigenvalue weighted by atomic mass is 32.2. The van der Waals surface area contributed by atoms with Crippen LogP contribution in [0.2, 0.25) is 0 Å². The first-order valence-corrected chi connectivity index (χ1v) is 10.2. The van der Waals surface area contributed by atoms with Crippen molar-refractivity contribution in [1.29, 1.82) is 0 Å². The van der Waals surface area contributed by atoms with Crippen LogP contribution in [0.4, 0.5) is 0 Å². The van der Waals surface area contributed by atoms with E-state index in [1.165, 1.54) is 11.8 Å². The average molecular weight is 391 g/mol. The molecule has 28 heavy (non-hydrogen) atoms. The van der Waals surface area contributed by atoms with E-state index in [1.54, 1.807) is 6.20 Å². The number of ketones is 1. The van der Waals surface area contributed by atoms with Crippen LogP contribution in [0.25, 0.3) is 22.3 Å². The topological polar surface area (TPSA) is 63.6 Å². The minimum Gasteiger partial charge on any atom is -0.360 e. The second-order valence-electron chi connectivity index (χ2n) is 6.74. The summed E-state index contributed by atoms with van der Waals surface area (Å²) >= 11 is 1.46. The van der Waals surface area contributed by atoms with Gasteiger partial charge in [-0.05, 0) is 32.4 Å². The Labute approximate surface area is 168 Å². The van der Waals surface area contributed by atoms with Gasteiger partial charge in [0.2, 0.25) is 0 Å². The summed E-state index contributed by atoms with van der Waals surface area (Å²) in [5.74, 6) is 0.931. The predicted molar refractivity (Wildman–Crippen MR) is 114 cm³/mol. The van der Waals surface area contributed by atoms with Gasteiger partial charge in [0.1, 0.15) is 0 Å². The fraction of sp³-hybridized carbons (Fsp3) is 0.227. The van der Waals surface area contributed by atoms with Crippen LogP contribution >= 0.6 is 11.8 Å². The molecule has 0 aliphatic heterocycles. The first-order chi connectivity index (χ1) is 13.6. The van der Waals surface area contributed by atoms with Crippen LogP contribution in [0.1, 0.15) is 29.8 Å². The zero-order valence-corrected chi connectivity index (χ0v) is 17.0. The molecule has 6 heteroatoms. The molecule has 0 spiro atoms. The van der Waals surface area contributed by atoms with Gasteiger partial charge >= 0.3 is 0 Å². The Morgan fingerprint density at radius 2 is 1.89 bits per heavy atom. The summed E-state index contributed by atoms with van der Waals surface area (Å²) in [6.45, 7) is 6.81. The van der Waals surface area contributed by atoms with Gasteiger partial charge in [-0.25, -0.2) is 0 Å². The minimum atomic E-state index is -0.265. The monoisotopic (exact) mass is 390 g/mol. The first-order valence-electron chi connectivity index (χ1n) is 9.36. The largest absolute Gasteiger partial charge is 0.360 e. The normalized spacial score (nSPS) is 12.4. The highest BCUT2D eigenvalue weighted by Gasteiger charge is 2.23. The number of aromatic amines is 1. The van der Waals surface area contributed by atoms with E-state index >= 15 is 0 Å². The Hall–Kier alpha value is -2.86. The summed E-state index contributed by atoms with van der Waals surface area (Å²) in [5.41, 5.74) is 3.92. The number of hydrogen-bond acceptors (Lipinski definition) is 4. The molecule has 2 aromatic carbocycles. The molecular formula is C22H22N4OS.